The molecule has 2 aromatic rings. The van der Waals surface area contributed by atoms with Crippen LogP contribution in [-0.4, -0.2) is 16.8 Å². The van der Waals surface area contributed by atoms with Crippen LogP contribution in [0.15, 0.2) is 47.4 Å². The van der Waals surface area contributed by atoms with Crippen molar-refractivity contribution >= 4 is 29.2 Å². The van der Waals surface area contributed by atoms with E-state index < -0.39 is 4.87 Å². The molecule has 25 heavy (non-hydrogen) atoms. The molecule has 2 heterocycles. The molecular weight excluding hydrogens is 339 g/mol. The lowest BCUT2D eigenvalue weighted by Crippen LogP contribution is -2.50. The quantitative estimate of drug-likeness (QED) is 0.534. The van der Waals surface area contributed by atoms with Crippen molar-refractivity contribution in [3.8, 4) is 0 Å². The van der Waals surface area contributed by atoms with Crippen LogP contribution in [0.5, 0.6) is 0 Å². The van der Waals surface area contributed by atoms with Crippen molar-refractivity contribution in [2.24, 2.45) is 0 Å². The van der Waals surface area contributed by atoms with Gasteiger partial charge >= 0.3 is 0 Å². The lowest BCUT2D eigenvalue weighted by atomic mass is 9.79. The van der Waals surface area contributed by atoms with E-state index in [0.29, 0.717) is 0 Å². The Morgan fingerprint density at radius 3 is 2.68 bits per heavy atom. The molecule has 1 spiro atoms. The molecule has 6 heteroatoms. The summed E-state index contributed by atoms with van der Waals surface area (Å²) in [6, 6.07) is 9.85. The zero-order valence-electron chi connectivity index (χ0n) is 14.1. The Morgan fingerprint density at radius 1 is 1.20 bits per heavy atom. The number of halogens is 1. The predicted octanol–water partition coefficient (Wildman–Crippen LogP) is 4.98. The second kappa shape index (κ2) is 5.08. The first-order chi connectivity index (χ1) is 11.8. The molecule has 2 aromatic carbocycles. The average Bonchev–Trinajstić information content (AvgIpc) is 2.73. The van der Waals surface area contributed by atoms with Crippen LogP contribution < -0.4 is 4.90 Å². The average molecular weight is 356 g/mol. The first-order valence-corrected chi connectivity index (χ1v) is 8.78. The number of nitrogens with zero attached hydrogens (tertiary/aromatic N) is 2. The molecule has 1 atom stereocenters. The summed E-state index contributed by atoms with van der Waals surface area (Å²) in [6.07, 6.45) is 4.03. The maximum Gasteiger partial charge on any atom is 0.270 e. The van der Waals surface area contributed by atoms with Gasteiger partial charge in [0.1, 0.15) is 10.7 Å². The van der Waals surface area contributed by atoms with Crippen molar-refractivity contribution in [1.82, 2.24) is 0 Å². The number of nitro groups is 1. The molecule has 128 valence electrons. The Morgan fingerprint density at radius 2 is 1.96 bits per heavy atom. The van der Waals surface area contributed by atoms with E-state index >= 15 is 0 Å². The Hall–Kier alpha value is -2.34. The molecule has 0 unspecified atom stereocenters. The lowest BCUT2D eigenvalue weighted by Gasteiger charge is -2.45. The highest BCUT2D eigenvalue weighted by molar-refractivity contribution is 8.01. The zero-order chi connectivity index (χ0) is 18.0. The first kappa shape index (κ1) is 16.1. The molecule has 0 aromatic heterocycles. The SMILES string of the molecule is CN1c2ccc(F)cc2C(C)(C)[C@]12C=Cc1cc([N+](=O)[O-])ccc1S2. The van der Waals surface area contributed by atoms with E-state index in [0.717, 1.165) is 21.7 Å². The molecule has 2 aliphatic heterocycles. The van der Waals surface area contributed by atoms with E-state index in [-0.39, 0.29) is 21.8 Å². The van der Waals surface area contributed by atoms with Gasteiger partial charge in [-0.05, 0) is 41.5 Å². The Labute approximate surface area is 149 Å². The van der Waals surface area contributed by atoms with Gasteiger partial charge in [-0.25, -0.2) is 4.39 Å². The number of likely N-dealkylation sites (N-methyl/N-ethyl adjacent to an activating group) is 1. The second-order valence-corrected chi connectivity index (χ2v) is 8.22. The molecule has 0 aliphatic carbocycles. The van der Waals surface area contributed by atoms with E-state index in [2.05, 4.69) is 24.8 Å². The standard InChI is InChI=1S/C19H17FN2O2S/c1-18(2)15-11-13(20)4-6-16(15)21(3)19(18)9-8-12-10-14(22(23)24)5-7-17(12)25-19/h4-11H,1-3H3/t19-/m1/s1. The van der Waals surface area contributed by atoms with Crippen molar-refractivity contribution in [2.45, 2.75) is 29.0 Å². The van der Waals surface area contributed by atoms with E-state index in [9.17, 15) is 14.5 Å². The third-order valence-electron chi connectivity index (χ3n) is 5.35. The van der Waals surface area contributed by atoms with Gasteiger partial charge in [0.15, 0.2) is 0 Å². The van der Waals surface area contributed by atoms with Gasteiger partial charge in [-0.2, -0.15) is 0 Å². The number of hydrogen-bond donors (Lipinski definition) is 0. The third-order valence-corrected chi connectivity index (χ3v) is 7.17. The maximum absolute atomic E-state index is 13.8. The minimum absolute atomic E-state index is 0.0874. The number of hydrogen-bond acceptors (Lipinski definition) is 4. The topological polar surface area (TPSA) is 46.4 Å². The number of non-ortho nitro benzene ring substituents is 1. The summed E-state index contributed by atoms with van der Waals surface area (Å²) < 4.78 is 13.8. The van der Waals surface area contributed by atoms with E-state index in [1.807, 2.05) is 19.2 Å². The van der Waals surface area contributed by atoms with Crippen molar-refractivity contribution < 1.29 is 9.31 Å². The highest BCUT2D eigenvalue weighted by atomic mass is 32.2. The van der Waals surface area contributed by atoms with Crippen LogP contribution in [-0.2, 0) is 5.41 Å². The minimum Gasteiger partial charge on any atom is -0.355 e. The number of benzene rings is 2. The van der Waals surface area contributed by atoms with Gasteiger partial charge in [0.25, 0.3) is 5.69 Å². The molecule has 4 rings (SSSR count). The summed E-state index contributed by atoms with van der Waals surface area (Å²) in [7, 11) is 2.01. The fourth-order valence-electron chi connectivity index (χ4n) is 3.89. The number of fused-ring (bicyclic) bond motifs is 2. The molecule has 2 aliphatic rings. The maximum atomic E-state index is 13.8. The van der Waals surface area contributed by atoms with Crippen molar-refractivity contribution in [2.75, 3.05) is 11.9 Å². The molecule has 0 saturated heterocycles. The second-order valence-electron chi connectivity index (χ2n) is 6.96. The lowest BCUT2D eigenvalue weighted by molar-refractivity contribution is -0.384. The van der Waals surface area contributed by atoms with Crippen LogP contribution in [0.2, 0.25) is 0 Å². The Balaban J connectivity index is 1.85. The summed E-state index contributed by atoms with van der Waals surface area (Å²) in [6.45, 7) is 4.23. The fourth-order valence-corrected chi connectivity index (χ4v) is 5.34. The third kappa shape index (κ3) is 2.07. The number of thioether (sulfide) groups is 1. The van der Waals surface area contributed by atoms with Crippen LogP contribution in [0.1, 0.15) is 25.0 Å². The number of anilines is 1. The smallest absolute Gasteiger partial charge is 0.270 e. The van der Waals surface area contributed by atoms with Gasteiger partial charge in [-0.15, -0.1) is 0 Å². The molecule has 0 amide bonds. The molecule has 0 fully saturated rings. The first-order valence-electron chi connectivity index (χ1n) is 7.97. The van der Waals surface area contributed by atoms with Gasteiger partial charge in [-0.3, -0.25) is 10.1 Å². The van der Waals surface area contributed by atoms with E-state index in [1.165, 1.54) is 12.1 Å². The Kier molecular flexibility index (Phi) is 3.28. The monoisotopic (exact) mass is 356 g/mol. The van der Waals surface area contributed by atoms with Crippen LogP contribution >= 0.6 is 11.8 Å². The van der Waals surface area contributed by atoms with Crippen molar-refractivity contribution in [3.63, 3.8) is 0 Å². The van der Waals surface area contributed by atoms with Gasteiger partial charge in [0, 0.05) is 35.2 Å². The summed E-state index contributed by atoms with van der Waals surface area (Å²) >= 11 is 1.66. The number of rotatable bonds is 1. The van der Waals surface area contributed by atoms with Crippen molar-refractivity contribution in [1.29, 1.82) is 0 Å². The summed E-state index contributed by atoms with van der Waals surface area (Å²) in [4.78, 5) is 13.4. The normalized spacial score (nSPS) is 22.8. The molecule has 0 radical (unpaired) electrons. The summed E-state index contributed by atoms with van der Waals surface area (Å²) in [5, 5.41) is 11.0. The van der Waals surface area contributed by atoms with Crippen LogP contribution in [0.3, 0.4) is 0 Å². The van der Waals surface area contributed by atoms with Crippen LogP contribution in [0.25, 0.3) is 6.08 Å². The summed E-state index contributed by atoms with van der Waals surface area (Å²) in [5.41, 5.74) is 2.58. The van der Waals surface area contributed by atoms with Gasteiger partial charge in [-0.1, -0.05) is 31.7 Å². The van der Waals surface area contributed by atoms with Crippen LogP contribution in [0, 0.1) is 15.9 Å². The number of nitro benzene ring substituents is 1. The Bertz CT molecular complexity index is 941. The molecule has 0 saturated carbocycles. The van der Waals surface area contributed by atoms with Gasteiger partial charge in [0.05, 0.1) is 4.92 Å². The molecular formula is C19H17FN2O2S. The fraction of sp³-hybridized carbons (Fsp3) is 0.263. The molecule has 0 bridgehead atoms. The van der Waals surface area contributed by atoms with E-state index in [1.54, 1.807) is 30.0 Å². The largest absolute Gasteiger partial charge is 0.355 e. The predicted molar refractivity (Wildman–Crippen MR) is 98.5 cm³/mol. The zero-order valence-corrected chi connectivity index (χ0v) is 14.9. The van der Waals surface area contributed by atoms with Gasteiger partial charge in [0.2, 0.25) is 0 Å². The van der Waals surface area contributed by atoms with Gasteiger partial charge < -0.3 is 4.90 Å². The highest BCUT2D eigenvalue weighted by Crippen LogP contribution is 2.60. The van der Waals surface area contributed by atoms with Crippen LogP contribution in [0.4, 0.5) is 15.8 Å². The minimum atomic E-state index is -0.410. The summed E-state index contributed by atoms with van der Waals surface area (Å²) in [5.74, 6) is -0.238. The highest BCUT2D eigenvalue weighted by Gasteiger charge is 2.56. The van der Waals surface area contributed by atoms with E-state index in [4.69, 9.17) is 0 Å². The molecule has 0 N–H and O–H groups in total. The van der Waals surface area contributed by atoms with Crippen molar-refractivity contribution in [3.05, 3.63) is 69.5 Å². The molecule has 4 nitrogen and oxygen atoms in total.